The molecule has 21 heavy (non-hydrogen) atoms. The van der Waals surface area contributed by atoms with E-state index in [0.29, 0.717) is 17.8 Å². The molecular formula is C13H8Cl2F2N2OS. The van der Waals surface area contributed by atoms with E-state index in [9.17, 15) is 8.78 Å². The Morgan fingerprint density at radius 2 is 1.95 bits per heavy atom. The zero-order valence-electron chi connectivity index (χ0n) is 10.4. The van der Waals surface area contributed by atoms with E-state index in [0.717, 1.165) is 4.88 Å². The van der Waals surface area contributed by atoms with Crippen molar-refractivity contribution in [1.82, 2.24) is 0 Å². The molecule has 0 aliphatic rings. The number of ether oxygens (including phenoxy) is 1. The minimum Gasteiger partial charge on any atom is -0.432 e. The number of alkyl halides is 2. The summed E-state index contributed by atoms with van der Waals surface area (Å²) in [5.41, 5.74) is 1.16. The van der Waals surface area contributed by atoms with Crippen molar-refractivity contribution in [2.24, 2.45) is 0 Å². The third kappa shape index (κ3) is 4.21. The maximum atomic E-state index is 12.2. The van der Waals surface area contributed by atoms with Crippen molar-refractivity contribution in [1.29, 1.82) is 5.26 Å². The Balaban J connectivity index is 2.09. The van der Waals surface area contributed by atoms with Crippen molar-refractivity contribution >= 4 is 40.2 Å². The van der Waals surface area contributed by atoms with E-state index in [1.165, 1.54) is 23.5 Å². The van der Waals surface area contributed by atoms with Crippen molar-refractivity contribution in [3.8, 4) is 11.8 Å². The Morgan fingerprint density at radius 1 is 1.29 bits per heavy atom. The molecule has 0 spiro atoms. The normalized spacial score (nSPS) is 10.5. The summed E-state index contributed by atoms with van der Waals surface area (Å²) in [7, 11) is 0. The molecule has 1 N–H and O–H groups in total. The van der Waals surface area contributed by atoms with Crippen LogP contribution in [0.5, 0.6) is 5.75 Å². The number of benzene rings is 1. The van der Waals surface area contributed by atoms with Crippen LogP contribution in [-0.2, 0) is 6.54 Å². The number of nitriles is 1. The van der Waals surface area contributed by atoms with Gasteiger partial charge in [-0.3, -0.25) is 0 Å². The Bertz CT molecular complexity index is 662. The van der Waals surface area contributed by atoms with Crippen LogP contribution in [0.1, 0.15) is 10.4 Å². The van der Waals surface area contributed by atoms with Gasteiger partial charge in [-0.05, 0) is 18.2 Å². The lowest BCUT2D eigenvalue weighted by molar-refractivity contribution is -0.0497. The van der Waals surface area contributed by atoms with Gasteiger partial charge >= 0.3 is 6.61 Å². The van der Waals surface area contributed by atoms with Crippen LogP contribution in [0.2, 0.25) is 10.0 Å². The molecular weight excluding hydrogens is 341 g/mol. The van der Waals surface area contributed by atoms with Crippen molar-refractivity contribution in [2.75, 3.05) is 5.32 Å². The van der Waals surface area contributed by atoms with Gasteiger partial charge in [-0.2, -0.15) is 14.0 Å². The van der Waals surface area contributed by atoms with Crippen LogP contribution in [0.25, 0.3) is 0 Å². The largest absolute Gasteiger partial charge is 0.432 e. The lowest BCUT2D eigenvalue weighted by atomic mass is 10.3. The number of nitrogens with zero attached hydrogens (tertiary/aromatic N) is 1. The van der Waals surface area contributed by atoms with Gasteiger partial charge in [0.15, 0.2) is 5.75 Å². The fraction of sp³-hybridized carbons (Fsp3) is 0.154. The second kappa shape index (κ2) is 6.94. The Hall–Kier alpha value is -1.55. The summed E-state index contributed by atoms with van der Waals surface area (Å²) in [4.78, 5) is 0.951. The number of rotatable bonds is 5. The predicted molar refractivity (Wildman–Crippen MR) is 79.5 cm³/mol. The van der Waals surface area contributed by atoms with Crippen molar-refractivity contribution in [3.63, 3.8) is 0 Å². The standard InChI is InChI=1S/C13H8Cl2F2N2OS/c14-10-2-8(3-11(15)12(10)20-13(16)17)19-5-9-1-7(4-18)6-21-9/h1-3,6,13,19H,5H2. The second-order valence-electron chi connectivity index (χ2n) is 3.91. The molecule has 0 saturated heterocycles. The molecule has 0 radical (unpaired) electrons. The smallest absolute Gasteiger partial charge is 0.387 e. The molecule has 0 aliphatic heterocycles. The number of hydrogen-bond donors (Lipinski definition) is 1. The highest BCUT2D eigenvalue weighted by Gasteiger charge is 2.14. The quantitative estimate of drug-likeness (QED) is 0.813. The van der Waals surface area contributed by atoms with E-state index >= 15 is 0 Å². The number of halogens is 4. The molecule has 1 aromatic heterocycles. The average Bonchev–Trinajstić information content (AvgIpc) is 2.88. The van der Waals surface area contributed by atoms with Crippen molar-refractivity contribution in [2.45, 2.75) is 13.2 Å². The summed E-state index contributed by atoms with van der Waals surface area (Å²) in [5, 5.41) is 13.5. The van der Waals surface area contributed by atoms with Gasteiger partial charge in [0.2, 0.25) is 0 Å². The molecule has 1 aromatic carbocycles. The molecule has 0 aliphatic carbocycles. The molecule has 0 amide bonds. The summed E-state index contributed by atoms with van der Waals surface area (Å²) in [6.45, 7) is -2.53. The molecule has 0 fully saturated rings. The fourth-order valence-corrected chi connectivity index (χ4v) is 2.91. The molecule has 0 saturated carbocycles. The summed E-state index contributed by atoms with van der Waals surface area (Å²) >= 11 is 13.2. The van der Waals surface area contributed by atoms with Crippen molar-refractivity contribution < 1.29 is 13.5 Å². The SMILES string of the molecule is N#Cc1csc(CNc2cc(Cl)c(OC(F)F)c(Cl)c2)c1. The highest BCUT2D eigenvalue weighted by atomic mass is 35.5. The number of thiophene rings is 1. The Kier molecular flexibility index (Phi) is 5.23. The van der Waals surface area contributed by atoms with Crippen LogP contribution in [0.3, 0.4) is 0 Å². The Labute approximate surface area is 133 Å². The van der Waals surface area contributed by atoms with E-state index in [2.05, 4.69) is 10.1 Å². The minimum absolute atomic E-state index is 0.00538. The minimum atomic E-state index is -2.99. The van der Waals surface area contributed by atoms with E-state index < -0.39 is 6.61 Å². The lowest BCUT2D eigenvalue weighted by Crippen LogP contribution is -2.04. The summed E-state index contributed by atoms with van der Waals surface area (Å²) in [6, 6.07) is 6.70. The first-order valence-corrected chi connectivity index (χ1v) is 7.28. The third-order valence-corrected chi connectivity index (χ3v) is 3.95. The molecule has 1 heterocycles. The van der Waals surface area contributed by atoms with Gasteiger partial charge in [0.1, 0.15) is 6.07 Å². The summed E-state index contributed by atoms with van der Waals surface area (Å²) in [5.74, 6) is -0.248. The van der Waals surface area contributed by atoms with Gasteiger partial charge in [0.05, 0.1) is 15.6 Å². The maximum absolute atomic E-state index is 12.2. The van der Waals surface area contributed by atoms with Crippen LogP contribution < -0.4 is 10.1 Å². The second-order valence-corrected chi connectivity index (χ2v) is 5.72. The molecule has 2 aromatic rings. The van der Waals surface area contributed by atoms with Gasteiger partial charge in [-0.25, -0.2) is 0 Å². The molecule has 3 nitrogen and oxygen atoms in total. The first kappa shape index (κ1) is 15.8. The molecule has 8 heteroatoms. The van der Waals surface area contributed by atoms with E-state index in [-0.39, 0.29) is 15.8 Å². The fourth-order valence-electron chi connectivity index (χ4n) is 1.58. The predicted octanol–water partition coefficient (Wildman–Crippen LogP) is 5.14. The van der Waals surface area contributed by atoms with E-state index in [1.54, 1.807) is 11.4 Å². The average molecular weight is 349 g/mol. The lowest BCUT2D eigenvalue weighted by Gasteiger charge is -2.12. The first-order chi connectivity index (χ1) is 9.99. The monoisotopic (exact) mass is 348 g/mol. The molecule has 110 valence electrons. The number of nitrogens with one attached hydrogen (secondary N) is 1. The topological polar surface area (TPSA) is 45.0 Å². The zero-order chi connectivity index (χ0) is 15.4. The highest BCUT2D eigenvalue weighted by molar-refractivity contribution is 7.10. The molecule has 0 atom stereocenters. The zero-order valence-corrected chi connectivity index (χ0v) is 12.7. The molecule has 0 unspecified atom stereocenters. The van der Waals surface area contributed by atoms with E-state index in [1.807, 2.05) is 6.07 Å². The van der Waals surface area contributed by atoms with E-state index in [4.69, 9.17) is 28.5 Å². The van der Waals surface area contributed by atoms with Crippen LogP contribution in [-0.4, -0.2) is 6.61 Å². The molecule has 0 bridgehead atoms. The van der Waals surface area contributed by atoms with Crippen molar-refractivity contribution in [3.05, 3.63) is 44.1 Å². The molecule has 2 rings (SSSR count). The highest BCUT2D eigenvalue weighted by Crippen LogP contribution is 2.37. The summed E-state index contributed by atoms with van der Waals surface area (Å²) in [6.07, 6.45) is 0. The van der Waals surface area contributed by atoms with Crippen LogP contribution in [0.15, 0.2) is 23.6 Å². The number of hydrogen-bond acceptors (Lipinski definition) is 4. The first-order valence-electron chi connectivity index (χ1n) is 5.65. The van der Waals surface area contributed by atoms with Gasteiger partial charge in [-0.15, -0.1) is 11.3 Å². The van der Waals surface area contributed by atoms with Gasteiger partial charge < -0.3 is 10.1 Å². The summed E-state index contributed by atoms with van der Waals surface area (Å²) < 4.78 is 28.7. The van der Waals surface area contributed by atoms with Crippen LogP contribution in [0, 0.1) is 11.3 Å². The van der Waals surface area contributed by atoms with Gasteiger partial charge in [0.25, 0.3) is 0 Å². The number of anilines is 1. The van der Waals surface area contributed by atoms with Gasteiger partial charge in [-0.1, -0.05) is 23.2 Å². The third-order valence-electron chi connectivity index (χ3n) is 2.45. The van der Waals surface area contributed by atoms with Crippen LogP contribution in [0.4, 0.5) is 14.5 Å². The van der Waals surface area contributed by atoms with Gasteiger partial charge in [0, 0.05) is 22.5 Å². The maximum Gasteiger partial charge on any atom is 0.387 e. The Morgan fingerprint density at radius 3 is 2.48 bits per heavy atom. The van der Waals surface area contributed by atoms with Crippen LogP contribution >= 0.6 is 34.5 Å².